The van der Waals surface area contributed by atoms with Crippen molar-refractivity contribution >= 4 is 15.7 Å². The lowest BCUT2D eigenvalue weighted by atomic mass is 10.1. The van der Waals surface area contributed by atoms with Gasteiger partial charge < -0.3 is 10.3 Å². The molecule has 1 heterocycles. The second kappa shape index (κ2) is 5.02. The Hall–Kier alpha value is -1.86. The standard InChI is InChI=1S/C12H15N3O3S/c1-8-5-11(13)9(2)12(6-8)19(16,17)14-7-10-3-4-18-15-10/h3-6,14H,7,13H2,1-2H3. The second-order valence-electron chi connectivity index (χ2n) is 4.29. The zero-order valence-electron chi connectivity index (χ0n) is 10.7. The predicted molar refractivity (Wildman–Crippen MR) is 70.9 cm³/mol. The van der Waals surface area contributed by atoms with Crippen molar-refractivity contribution in [3.8, 4) is 0 Å². The van der Waals surface area contributed by atoms with E-state index in [4.69, 9.17) is 5.73 Å². The van der Waals surface area contributed by atoms with E-state index in [9.17, 15) is 8.42 Å². The molecule has 1 aromatic carbocycles. The van der Waals surface area contributed by atoms with Gasteiger partial charge in [-0.3, -0.25) is 0 Å². The average molecular weight is 281 g/mol. The minimum absolute atomic E-state index is 0.0755. The largest absolute Gasteiger partial charge is 0.398 e. The summed E-state index contributed by atoms with van der Waals surface area (Å²) < 4.78 is 31.6. The molecule has 1 aromatic heterocycles. The van der Waals surface area contributed by atoms with Gasteiger partial charge >= 0.3 is 0 Å². The summed E-state index contributed by atoms with van der Waals surface area (Å²) in [5.41, 5.74) is 8.10. The highest BCUT2D eigenvalue weighted by Crippen LogP contribution is 2.22. The van der Waals surface area contributed by atoms with Crippen LogP contribution < -0.4 is 10.5 Å². The van der Waals surface area contributed by atoms with Gasteiger partial charge in [-0.2, -0.15) is 0 Å². The first-order valence-electron chi connectivity index (χ1n) is 5.66. The van der Waals surface area contributed by atoms with Crippen molar-refractivity contribution < 1.29 is 12.9 Å². The Morgan fingerprint density at radius 3 is 2.74 bits per heavy atom. The molecule has 6 nitrogen and oxygen atoms in total. The van der Waals surface area contributed by atoms with E-state index in [2.05, 4.69) is 14.4 Å². The molecule has 0 saturated carbocycles. The lowest BCUT2D eigenvalue weighted by Crippen LogP contribution is -2.24. The summed E-state index contributed by atoms with van der Waals surface area (Å²) in [4.78, 5) is 0.188. The number of nitrogen functional groups attached to an aromatic ring is 1. The molecule has 0 saturated heterocycles. The maximum absolute atomic E-state index is 12.2. The zero-order valence-corrected chi connectivity index (χ0v) is 11.5. The summed E-state index contributed by atoms with van der Waals surface area (Å²) in [6.45, 7) is 3.55. The molecule has 0 radical (unpaired) electrons. The van der Waals surface area contributed by atoms with Crippen LogP contribution in [0.2, 0.25) is 0 Å². The first-order chi connectivity index (χ1) is 8.90. The zero-order chi connectivity index (χ0) is 14.0. The van der Waals surface area contributed by atoms with Crippen LogP contribution in [0.15, 0.2) is 33.9 Å². The van der Waals surface area contributed by atoms with E-state index >= 15 is 0 Å². The van der Waals surface area contributed by atoms with Crippen molar-refractivity contribution in [2.75, 3.05) is 5.73 Å². The molecule has 3 N–H and O–H groups in total. The van der Waals surface area contributed by atoms with Gasteiger partial charge in [0.15, 0.2) is 0 Å². The fraction of sp³-hybridized carbons (Fsp3) is 0.250. The highest BCUT2D eigenvalue weighted by Gasteiger charge is 2.18. The SMILES string of the molecule is Cc1cc(N)c(C)c(S(=O)(=O)NCc2ccon2)c1. The number of anilines is 1. The number of hydrogen-bond acceptors (Lipinski definition) is 5. The summed E-state index contributed by atoms with van der Waals surface area (Å²) in [5, 5.41) is 3.64. The van der Waals surface area contributed by atoms with E-state index in [1.165, 1.54) is 6.26 Å². The topological polar surface area (TPSA) is 98.2 Å². The van der Waals surface area contributed by atoms with Crippen LogP contribution in [0.4, 0.5) is 5.69 Å². The van der Waals surface area contributed by atoms with E-state index in [0.29, 0.717) is 16.9 Å². The molecule has 0 spiro atoms. The Morgan fingerprint density at radius 2 is 2.11 bits per heavy atom. The first kappa shape index (κ1) is 13.6. The van der Waals surface area contributed by atoms with Crippen LogP contribution in [0.3, 0.4) is 0 Å². The monoisotopic (exact) mass is 281 g/mol. The fourth-order valence-electron chi connectivity index (χ4n) is 1.71. The second-order valence-corrected chi connectivity index (χ2v) is 6.03. The number of nitrogens with zero attached hydrogens (tertiary/aromatic N) is 1. The molecule has 0 aliphatic heterocycles. The molecule has 2 rings (SSSR count). The van der Waals surface area contributed by atoms with Crippen LogP contribution in [0, 0.1) is 13.8 Å². The van der Waals surface area contributed by atoms with Gasteiger partial charge in [0.2, 0.25) is 10.0 Å². The van der Waals surface area contributed by atoms with Crippen LogP contribution in [0.1, 0.15) is 16.8 Å². The van der Waals surface area contributed by atoms with Crippen molar-refractivity contribution in [1.29, 1.82) is 0 Å². The molecule has 7 heteroatoms. The highest BCUT2D eigenvalue weighted by molar-refractivity contribution is 7.89. The van der Waals surface area contributed by atoms with Gasteiger partial charge in [0, 0.05) is 11.8 Å². The molecule has 2 aromatic rings. The lowest BCUT2D eigenvalue weighted by Gasteiger charge is -2.11. The third-order valence-corrected chi connectivity index (χ3v) is 4.30. The number of rotatable bonds is 4. The number of hydrogen-bond donors (Lipinski definition) is 2. The molecular weight excluding hydrogens is 266 g/mol. The van der Waals surface area contributed by atoms with Crippen molar-refractivity contribution in [2.45, 2.75) is 25.3 Å². The smallest absolute Gasteiger partial charge is 0.241 e. The number of nitrogens with one attached hydrogen (secondary N) is 1. The van der Waals surface area contributed by atoms with E-state index in [1.807, 2.05) is 0 Å². The number of nitrogens with two attached hydrogens (primary N) is 1. The van der Waals surface area contributed by atoms with Gasteiger partial charge in [0.05, 0.1) is 17.1 Å². The van der Waals surface area contributed by atoms with Crippen molar-refractivity contribution in [2.24, 2.45) is 0 Å². The fourth-order valence-corrected chi connectivity index (χ4v) is 3.06. The highest BCUT2D eigenvalue weighted by atomic mass is 32.2. The van der Waals surface area contributed by atoms with Gasteiger partial charge in [-0.05, 0) is 37.1 Å². The minimum Gasteiger partial charge on any atom is -0.398 e. The van der Waals surface area contributed by atoms with Crippen LogP contribution in [-0.4, -0.2) is 13.6 Å². The Labute approximate surface area is 111 Å². The van der Waals surface area contributed by atoms with Gasteiger partial charge in [-0.25, -0.2) is 13.1 Å². The minimum atomic E-state index is -3.62. The molecule has 0 aliphatic rings. The normalized spacial score (nSPS) is 11.7. The summed E-state index contributed by atoms with van der Waals surface area (Å²) >= 11 is 0. The molecule has 0 atom stereocenters. The van der Waals surface area contributed by atoms with Crippen LogP contribution in [-0.2, 0) is 16.6 Å². The predicted octanol–water partition coefficient (Wildman–Crippen LogP) is 1.35. The average Bonchev–Trinajstić information content (AvgIpc) is 2.84. The van der Waals surface area contributed by atoms with Crippen LogP contribution >= 0.6 is 0 Å². The van der Waals surface area contributed by atoms with E-state index in [-0.39, 0.29) is 11.4 Å². The van der Waals surface area contributed by atoms with Crippen molar-refractivity contribution in [3.05, 3.63) is 41.3 Å². The Balaban J connectivity index is 2.29. The molecule has 0 bridgehead atoms. The van der Waals surface area contributed by atoms with E-state index in [0.717, 1.165) is 5.56 Å². The van der Waals surface area contributed by atoms with Crippen molar-refractivity contribution in [1.82, 2.24) is 9.88 Å². The van der Waals surface area contributed by atoms with Gasteiger partial charge in [0.1, 0.15) is 6.26 Å². The molecule has 102 valence electrons. The van der Waals surface area contributed by atoms with Crippen molar-refractivity contribution in [3.63, 3.8) is 0 Å². The summed E-state index contributed by atoms with van der Waals surface area (Å²) in [6, 6.07) is 4.93. The number of sulfonamides is 1. The molecule has 0 aliphatic carbocycles. The molecule has 0 fully saturated rings. The third-order valence-electron chi connectivity index (χ3n) is 2.77. The number of benzene rings is 1. The Bertz CT molecular complexity index is 678. The Kier molecular flexibility index (Phi) is 3.59. The third kappa shape index (κ3) is 2.94. The van der Waals surface area contributed by atoms with Gasteiger partial charge in [0.25, 0.3) is 0 Å². The van der Waals surface area contributed by atoms with Gasteiger partial charge in [-0.1, -0.05) is 5.16 Å². The lowest BCUT2D eigenvalue weighted by molar-refractivity contribution is 0.411. The number of aryl methyl sites for hydroxylation is 1. The molecule has 0 amide bonds. The van der Waals surface area contributed by atoms with E-state index in [1.54, 1.807) is 32.0 Å². The summed E-state index contributed by atoms with van der Waals surface area (Å²) in [6.07, 6.45) is 1.39. The summed E-state index contributed by atoms with van der Waals surface area (Å²) in [7, 11) is -3.62. The molecule has 19 heavy (non-hydrogen) atoms. The summed E-state index contributed by atoms with van der Waals surface area (Å²) in [5.74, 6) is 0. The van der Waals surface area contributed by atoms with Gasteiger partial charge in [-0.15, -0.1) is 0 Å². The van der Waals surface area contributed by atoms with Crippen LogP contribution in [0.5, 0.6) is 0 Å². The first-order valence-corrected chi connectivity index (χ1v) is 7.14. The number of aromatic nitrogens is 1. The molecular formula is C12H15N3O3S. The maximum Gasteiger partial charge on any atom is 0.241 e. The van der Waals surface area contributed by atoms with E-state index < -0.39 is 10.0 Å². The van der Waals surface area contributed by atoms with Crippen LogP contribution in [0.25, 0.3) is 0 Å². The molecule has 0 unspecified atom stereocenters. The Morgan fingerprint density at radius 1 is 1.37 bits per heavy atom. The quantitative estimate of drug-likeness (QED) is 0.824. The maximum atomic E-state index is 12.2.